The first-order chi connectivity index (χ1) is 15.5. The summed E-state index contributed by atoms with van der Waals surface area (Å²) in [5.74, 6) is 0.978. The summed E-state index contributed by atoms with van der Waals surface area (Å²) in [5.41, 5.74) is 2.04. The van der Waals surface area contributed by atoms with Crippen LogP contribution in [0.5, 0.6) is 11.5 Å². The van der Waals surface area contributed by atoms with Gasteiger partial charge in [-0.2, -0.15) is 5.10 Å². The van der Waals surface area contributed by atoms with E-state index in [0.29, 0.717) is 60.4 Å². The van der Waals surface area contributed by atoms with Crippen LogP contribution in [0.4, 0.5) is 5.69 Å². The second kappa shape index (κ2) is 9.06. The van der Waals surface area contributed by atoms with Crippen LogP contribution in [0.2, 0.25) is 0 Å². The van der Waals surface area contributed by atoms with Gasteiger partial charge in [0.15, 0.2) is 0 Å². The number of nitro groups is 1. The number of carbonyl (C=O) groups excluding carboxylic acids is 1. The van der Waals surface area contributed by atoms with Gasteiger partial charge < -0.3 is 19.1 Å². The van der Waals surface area contributed by atoms with E-state index in [1.807, 2.05) is 6.07 Å². The molecule has 3 aromatic rings. The van der Waals surface area contributed by atoms with Gasteiger partial charge in [0.1, 0.15) is 17.2 Å². The van der Waals surface area contributed by atoms with Crippen molar-refractivity contribution < 1.29 is 23.9 Å². The molecule has 166 valence electrons. The zero-order chi connectivity index (χ0) is 22.7. The number of amides is 1. The Kier molecular flexibility index (Phi) is 6.04. The van der Waals surface area contributed by atoms with Crippen LogP contribution in [0.1, 0.15) is 10.5 Å². The van der Waals surface area contributed by atoms with Crippen molar-refractivity contribution in [3.8, 4) is 28.4 Å². The molecule has 0 aliphatic carbocycles. The van der Waals surface area contributed by atoms with Gasteiger partial charge in [0.05, 0.1) is 43.7 Å². The largest absolute Gasteiger partial charge is 0.497 e. The Morgan fingerprint density at radius 2 is 1.78 bits per heavy atom. The van der Waals surface area contributed by atoms with E-state index in [2.05, 4.69) is 5.10 Å². The highest BCUT2D eigenvalue weighted by Crippen LogP contribution is 2.34. The molecule has 0 saturated carbocycles. The molecule has 0 N–H and O–H groups in total. The van der Waals surface area contributed by atoms with Crippen molar-refractivity contribution in [2.24, 2.45) is 0 Å². The first-order valence-electron chi connectivity index (χ1n) is 9.96. The van der Waals surface area contributed by atoms with Gasteiger partial charge in [-0.15, -0.1) is 0 Å². The number of rotatable bonds is 6. The highest BCUT2D eigenvalue weighted by Gasteiger charge is 2.25. The Balaban J connectivity index is 1.81. The molecule has 4 rings (SSSR count). The maximum atomic E-state index is 13.3. The molecule has 0 radical (unpaired) electrons. The van der Waals surface area contributed by atoms with Crippen molar-refractivity contribution >= 4 is 11.6 Å². The standard InChI is InChI=1S/C22H22N4O6/c1-30-17-7-8-18(21(13-17)31-2)19-14-20(22(27)24-9-11-32-12-10-24)25(23-19)15-3-5-16(6-4-15)26(28)29/h3-8,13-14H,9-12H2,1-2H3. The fourth-order valence-electron chi connectivity index (χ4n) is 3.52. The number of methoxy groups -OCH3 is 2. The number of morpholine rings is 1. The van der Waals surface area contributed by atoms with Crippen LogP contribution >= 0.6 is 0 Å². The van der Waals surface area contributed by atoms with Gasteiger partial charge in [-0.05, 0) is 30.3 Å². The molecule has 1 aliphatic rings. The van der Waals surface area contributed by atoms with Crippen molar-refractivity contribution in [2.75, 3.05) is 40.5 Å². The topological polar surface area (TPSA) is 109 Å². The smallest absolute Gasteiger partial charge is 0.272 e. The maximum Gasteiger partial charge on any atom is 0.272 e. The van der Waals surface area contributed by atoms with Gasteiger partial charge in [-0.3, -0.25) is 14.9 Å². The van der Waals surface area contributed by atoms with Crippen LogP contribution in [-0.4, -0.2) is 66.0 Å². The number of hydrogen-bond donors (Lipinski definition) is 0. The van der Waals surface area contributed by atoms with E-state index in [0.717, 1.165) is 0 Å². The third-order valence-corrected chi connectivity index (χ3v) is 5.22. The average Bonchev–Trinajstić information content (AvgIpc) is 3.29. The SMILES string of the molecule is COc1ccc(-c2cc(C(=O)N3CCOCC3)n(-c3ccc([N+](=O)[O-])cc3)n2)c(OC)c1. The van der Waals surface area contributed by atoms with E-state index in [1.165, 1.54) is 16.8 Å². The lowest BCUT2D eigenvalue weighted by molar-refractivity contribution is -0.384. The van der Waals surface area contributed by atoms with Gasteiger partial charge in [0.25, 0.3) is 11.6 Å². The third kappa shape index (κ3) is 4.12. The second-order valence-corrected chi connectivity index (χ2v) is 7.07. The minimum atomic E-state index is -0.472. The molecule has 0 bridgehead atoms. The number of nitro benzene ring substituents is 1. The molecule has 0 spiro atoms. The summed E-state index contributed by atoms with van der Waals surface area (Å²) < 4.78 is 17.6. The van der Waals surface area contributed by atoms with E-state index in [1.54, 1.807) is 49.5 Å². The summed E-state index contributed by atoms with van der Waals surface area (Å²) in [5, 5.41) is 15.7. The van der Waals surface area contributed by atoms with Gasteiger partial charge in [0, 0.05) is 36.9 Å². The predicted octanol–water partition coefficient (Wildman–Crippen LogP) is 2.94. The van der Waals surface area contributed by atoms with Gasteiger partial charge in [-0.1, -0.05) is 0 Å². The van der Waals surface area contributed by atoms with E-state index >= 15 is 0 Å². The lowest BCUT2D eigenvalue weighted by Crippen LogP contribution is -2.41. The Labute approximate surface area is 184 Å². The molecular formula is C22H22N4O6. The van der Waals surface area contributed by atoms with Gasteiger partial charge in [-0.25, -0.2) is 4.68 Å². The van der Waals surface area contributed by atoms with Crippen LogP contribution in [0, 0.1) is 10.1 Å². The molecule has 32 heavy (non-hydrogen) atoms. The monoisotopic (exact) mass is 438 g/mol. The summed E-state index contributed by atoms with van der Waals surface area (Å²) >= 11 is 0. The highest BCUT2D eigenvalue weighted by molar-refractivity contribution is 5.94. The second-order valence-electron chi connectivity index (χ2n) is 7.07. The summed E-state index contributed by atoms with van der Waals surface area (Å²) in [6.45, 7) is 1.89. The molecule has 1 fully saturated rings. The predicted molar refractivity (Wildman–Crippen MR) is 115 cm³/mol. The Hall–Kier alpha value is -3.92. The number of benzene rings is 2. The minimum Gasteiger partial charge on any atom is -0.497 e. The maximum absolute atomic E-state index is 13.3. The van der Waals surface area contributed by atoms with Crippen molar-refractivity contribution in [3.05, 3.63) is 64.3 Å². The number of non-ortho nitro benzene ring substituents is 1. The van der Waals surface area contributed by atoms with E-state index in [-0.39, 0.29) is 11.6 Å². The molecule has 1 aromatic heterocycles. The number of nitrogens with zero attached hydrogens (tertiary/aromatic N) is 4. The fourth-order valence-corrected chi connectivity index (χ4v) is 3.52. The molecular weight excluding hydrogens is 416 g/mol. The van der Waals surface area contributed by atoms with E-state index in [9.17, 15) is 14.9 Å². The molecule has 10 nitrogen and oxygen atoms in total. The molecule has 1 amide bonds. The molecule has 2 heterocycles. The fraction of sp³-hybridized carbons (Fsp3) is 0.273. The lowest BCUT2D eigenvalue weighted by atomic mass is 10.1. The Morgan fingerprint density at radius 1 is 1.06 bits per heavy atom. The van der Waals surface area contributed by atoms with Crippen molar-refractivity contribution in [1.82, 2.24) is 14.7 Å². The lowest BCUT2D eigenvalue weighted by Gasteiger charge is -2.26. The molecule has 10 heteroatoms. The summed E-state index contributed by atoms with van der Waals surface area (Å²) in [6, 6.07) is 12.9. The number of ether oxygens (including phenoxy) is 3. The molecule has 0 unspecified atom stereocenters. The molecule has 1 aliphatic heterocycles. The first kappa shape index (κ1) is 21.3. The van der Waals surface area contributed by atoms with Gasteiger partial charge >= 0.3 is 0 Å². The zero-order valence-electron chi connectivity index (χ0n) is 17.7. The van der Waals surface area contributed by atoms with Crippen LogP contribution in [0.15, 0.2) is 48.5 Å². The van der Waals surface area contributed by atoms with E-state index < -0.39 is 4.92 Å². The van der Waals surface area contributed by atoms with Crippen molar-refractivity contribution in [1.29, 1.82) is 0 Å². The number of carbonyl (C=O) groups is 1. The normalized spacial score (nSPS) is 13.6. The Bertz CT molecular complexity index is 1140. The molecule has 1 saturated heterocycles. The highest BCUT2D eigenvalue weighted by atomic mass is 16.6. The van der Waals surface area contributed by atoms with Crippen LogP contribution in [0.3, 0.4) is 0 Å². The molecule has 0 atom stereocenters. The first-order valence-corrected chi connectivity index (χ1v) is 9.96. The van der Waals surface area contributed by atoms with Crippen LogP contribution < -0.4 is 9.47 Å². The minimum absolute atomic E-state index is 0.0426. The summed E-state index contributed by atoms with van der Waals surface area (Å²) in [7, 11) is 3.11. The van der Waals surface area contributed by atoms with Crippen molar-refractivity contribution in [3.63, 3.8) is 0 Å². The zero-order valence-corrected chi connectivity index (χ0v) is 17.7. The van der Waals surface area contributed by atoms with E-state index in [4.69, 9.17) is 14.2 Å². The third-order valence-electron chi connectivity index (χ3n) is 5.22. The quantitative estimate of drug-likeness (QED) is 0.430. The summed E-state index contributed by atoms with van der Waals surface area (Å²) in [6.07, 6.45) is 0. The van der Waals surface area contributed by atoms with Gasteiger partial charge in [0.2, 0.25) is 0 Å². The van der Waals surface area contributed by atoms with Crippen molar-refractivity contribution in [2.45, 2.75) is 0 Å². The van der Waals surface area contributed by atoms with Crippen LogP contribution in [-0.2, 0) is 4.74 Å². The molecule has 2 aromatic carbocycles. The van der Waals surface area contributed by atoms with Crippen LogP contribution in [0.25, 0.3) is 16.9 Å². The Morgan fingerprint density at radius 3 is 2.41 bits per heavy atom. The number of hydrogen-bond acceptors (Lipinski definition) is 7. The number of aromatic nitrogens is 2. The average molecular weight is 438 g/mol. The summed E-state index contributed by atoms with van der Waals surface area (Å²) in [4.78, 5) is 25.6.